The molecule has 1 aliphatic carbocycles. The van der Waals surface area contributed by atoms with Crippen LogP contribution >= 0.6 is 0 Å². The number of ether oxygens (including phenoxy) is 4. The summed E-state index contributed by atoms with van der Waals surface area (Å²) >= 11 is 0. The van der Waals surface area contributed by atoms with Crippen LogP contribution in [0.25, 0.3) is 0 Å². The van der Waals surface area contributed by atoms with Gasteiger partial charge in [0.1, 0.15) is 6.10 Å². The zero-order chi connectivity index (χ0) is 20.8. The minimum absolute atomic E-state index is 0.213. The number of benzene rings is 1. The Bertz CT molecular complexity index is 771. The SMILES string of the molecule is CC(=O)O[C@@H]1[C@H](OC(C)=O)C(=O)[C@@H](OC(=O)c2ccccc2)C[C@H]1OC(C)=O. The molecule has 0 radical (unpaired) electrons. The molecule has 0 amide bonds. The molecule has 28 heavy (non-hydrogen) atoms. The van der Waals surface area contributed by atoms with Gasteiger partial charge < -0.3 is 18.9 Å². The highest BCUT2D eigenvalue weighted by atomic mass is 16.6. The van der Waals surface area contributed by atoms with E-state index in [0.717, 1.165) is 20.8 Å². The maximum atomic E-state index is 12.8. The average Bonchev–Trinajstić information content (AvgIpc) is 2.61. The summed E-state index contributed by atoms with van der Waals surface area (Å²) in [5.41, 5.74) is 0.213. The number of carbonyl (C=O) groups excluding carboxylic acids is 5. The summed E-state index contributed by atoms with van der Waals surface area (Å²) in [5.74, 6) is -3.81. The van der Waals surface area contributed by atoms with Crippen LogP contribution in [0, 0.1) is 0 Å². The third kappa shape index (κ3) is 5.38. The van der Waals surface area contributed by atoms with Crippen molar-refractivity contribution in [3.05, 3.63) is 35.9 Å². The molecule has 0 heterocycles. The monoisotopic (exact) mass is 392 g/mol. The number of rotatable bonds is 5. The Morgan fingerprint density at radius 2 is 1.39 bits per heavy atom. The molecular weight excluding hydrogens is 372 g/mol. The lowest BCUT2D eigenvalue weighted by Crippen LogP contribution is -2.58. The topological polar surface area (TPSA) is 122 Å². The molecule has 9 heteroatoms. The van der Waals surface area contributed by atoms with E-state index >= 15 is 0 Å². The highest BCUT2D eigenvalue weighted by Gasteiger charge is 2.51. The zero-order valence-corrected chi connectivity index (χ0v) is 15.6. The smallest absolute Gasteiger partial charge is 0.338 e. The first-order valence-electron chi connectivity index (χ1n) is 8.50. The summed E-state index contributed by atoms with van der Waals surface area (Å²) in [6.45, 7) is 3.30. The van der Waals surface area contributed by atoms with E-state index in [1.807, 2.05) is 0 Å². The van der Waals surface area contributed by atoms with Gasteiger partial charge in [0.25, 0.3) is 0 Å². The van der Waals surface area contributed by atoms with Crippen molar-refractivity contribution in [2.75, 3.05) is 0 Å². The molecule has 1 saturated carbocycles. The minimum Gasteiger partial charge on any atom is -0.458 e. The van der Waals surface area contributed by atoms with Gasteiger partial charge in [0, 0.05) is 27.2 Å². The lowest BCUT2D eigenvalue weighted by Gasteiger charge is -2.37. The number of carbonyl (C=O) groups is 5. The van der Waals surface area contributed by atoms with Gasteiger partial charge in [0.2, 0.25) is 11.9 Å². The number of hydrogen-bond acceptors (Lipinski definition) is 9. The summed E-state index contributed by atoms with van der Waals surface area (Å²) in [5, 5.41) is 0. The van der Waals surface area contributed by atoms with Crippen LogP contribution in [0.1, 0.15) is 37.6 Å². The fourth-order valence-electron chi connectivity index (χ4n) is 2.84. The Morgan fingerprint density at radius 3 is 1.93 bits per heavy atom. The Labute approximate surface area is 160 Å². The van der Waals surface area contributed by atoms with Gasteiger partial charge in [-0.3, -0.25) is 19.2 Å². The molecule has 1 aliphatic rings. The van der Waals surface area contributed by atoms with Crippen molar-refractivity contribution < 1.29 is 42.9 Å². The summed E-state index contributed by atoms with van der Waals surface area (Å²) in [6, 6.07) is 7.97. The second-order valence-electron chi connectivity index (χ2n) is 6.15. The molecule has 4 atom stereocenters. The summed E-state index contributed by atoms with van der Waals surface area (Å²) in [7, 11) is 0. The van der Waals surface area contributed by atoms with E-state index in [9.17, 15) is 24.0 Å². The number of ketones is 1. The Kier molecular flexibility index (Phi) is 6.86. The van der Waals surface area contributed by atoms with Crippen LogP contribution in [-0.4, -0.2) is 54.1 Å². The first-order valence-corrected chi connectivity index (χ1v) is 8.50. The molecule has 2 rings (SSSR count). The van der Waals surface area contributed by atoms with Crippen LogP contribution in [0.2, 0.25) is 0 Å². The van der Waals surface area contributed by atoms with E-state index in [2.05, 4.69) is 0 Å². The van der Waals surface area contributed by atoms with Crippen LogP contribution in [0.4, 0.5) is 0 Å². The van der Waals surface area contributed by atoms with Crippen LogP contribution in [0.15, 0.2) is 30.3 Å². The van der Waals surface area contributed by atoms with Crippen molar-refractivity contribution in [3.8, 4) is 0 Å². The zero-order valence-electron chi connectivity index (χ0n) is 15.6. The minimum atomic E-state index is -1.58. The normalized spacial score (nSPS) is 24.0. The second-order valence-corrected chi connectivity index (χ2v) is 6.15. The predicted molar refractivity (Wildman–Crippen MR) is 91.9 cm³/mol. The van der Waals surface area contributed by atoms with Gasteiger partial charge in [-0.15, -0.1) is 0 Å². The van der Waals surface area contributed by atoms with Gasteiger partial charge in [0.15, 0.2) is 12.2 Å². The third-order valence-corrected chi connectivity index (χ3v) is 3.88. The van der Waals surface area contributed by atoms with Crippen molar-refractivity contribution in [1.29, 1.82) is 0 Å². The van der Waals surface area contributed by atoms with E-state index in [-0.39, 0.29) is 12.0 Å². The molecule has 9 nitrogen and oxygen atoms in total. The standard InChI is InChI=1S/C19H20O9/c1-10(20)25-15-9-14(28-19(24)13-7-5-4-6-8-13)16(23)18(27-12(3)22)17(15)26-11(2)21/h4-8,14-15,17-18H,9H2,1-3H3/t14-,15+,17-,18+/m0/s1. The molecule has 1 aromatic rings. The van der Waals surface area contributed by atoms with Crippen LogP contribution in [-0.2, 0) is 38.1 Å². The predicted octanol–water partition coefficient (Wildman–Crippen LogP) is 0.980. The molecule has 0 spiro atoms. The molecule has 0 unspecified atom stereocenters. The highest BCUT2D eigenvalue weighted by molar-refractivity contribution is 5.95. The highest BCUT2D eigenvalue weighted by Crippen LogP contribution is 2.28. The fraction of sp³-hybridized carbons (Fsp3) is 0.421. The number of hydrogen-bond donors (Lipinski definition) is 0. The van der Waals surface area contributed by atoms with E-state index in [0.29, 0.717) is 0 Å². The second kappa shape index (κ2) is 9.12. The molecule has 1 aromatic carbocycles. The summed E-state index contributed by atoms with van der Waals surface area (Å²) < 4.78 is 20.5. The largest absolute Gasteiger partial charge is 0.458 e. The summed E-state index contributed by atoms with van der Waals surface area (Å²) in [6.07, 6.45) is -5.66. The maximum Gasteiger partial charge on any atom is 0.338 e. The quantitative estimate of drug-likeness (QED) is 0.533. The van der Waals surface area contributed by atoms with Gasteiger partial charge in [-0.2, -0.15) is 0 Å². The molecule has 0 aromatic heterocycles. The Balaban J connectivity index is 2.30. The van der Waals surface area contributed by atoms with Gasteiger partial charge in [-0.25, -0.2) is 4.79 Å². The average molecular weight is 392 g/mol. The Hall–Kier alpha value is -3.23. The lowest BCUT2D eigenvalue weighted by molar-refractivity contribution is -0.197. The van der Waals surface area contributed by atoms with Crippen molar-refractivity contribution in [2.45, 2.75) is 51.6 Å². The molecule has 0 aliphatic heterocycles. The van der Waals surface area contributed by atoms with E-state index in [4.69, 9.17) is 18.9 Å². The lowest BCUT2D eigenvalue weighted by atomic mass is 9.87. The van der Waals surface area contributed by atoms with Gasteiger partial charge in [-0.05, 0) is 12.1 Å². The molecule has 0 bridgehead atoms. The van der Waals surface area contributed by atoms with Crippen LogP contribution < -0.4 is 0 Å². The fourth-order valence-corrected chi connectivity index (χ4v) is 2.84. The van der Waals surface area contributed by atoms with Gasteiger partial charge >= 0.3 is 23.9 Å². The van der Waals surface area contributed by atoms with Crippen molar-refractivity contribution in [3.63, 3.8) is 0 Å². The maximum absolute atomic E-state index is 12.8. The van der Waals surface area contributed by atoms with E-state index in [1.165, 1.54) is 12.1 Å². The molecule has 0 N–H and O–H groups in total. The summed E-state index contributed by atoms with van der Waals surface area (Å²) in [4.78, 5) is 59.4. The molecule has 1 fully saturated rings. The number of esters is 4. The molecular formula is C19H20O9. The van der Waals surface area contributed by atoms with E-state index in [1.54, 1.807) is 18.2 Å². The van der Waals surface area contributed by atoms with E-state index < -0.39 is 54.1 Å². The van der Waals surface area contributed by atoms with Crippen LogP contribution in [0.3, 0.4) is 0 Å². The van der Waals surface area contributed by atoms with Crippen molar-refractivity contribution in [1.82, 2.24) is 0 Å². The van der Waals surface area contributed by atoms with Crippen molar-refractivity contribution >= 4 is 29.7 Å². The van der Waals surface area contributed by atoms with Crippen molar-refractivity contribution in [2.24, 2.45) is 0 Å². The third-order valence-electron chi connectivity index (χ3n) is 3.88. The van der Waals surface area contributed by atoms with Gasteiger partial charge in [-0.1, -0.05) is 18.2 Å². The first kappa shape index (κ1) is 21.1. The molecule has 150 valence electrons. The first-order chi connectivity index (χ1) is 13.2. The number of Topliss-reactive ketones (excluding diaryl/α,β-unsaturated/α-hetero) is 1. The van der Waals surface area contributed by atoms with Gasteiger partial charge in [0.05, 0.1) is 5.56 Å². The Morgan fingerprint density at radius 1 is 0.821 bits per heavy atom. The van der Waals surface area contributed by atoms with Crippen LogP contribution in [0.5, 0.6) is 0 Å². The molecule has 0 saturated heterocycles.